The Kier molecular flexibility index (Phi) is 6.97. The summed E-state index contributed by atoms with van der Waals surface area (Å²) in [6.45, 7) is 5.98. The van der Waals surface area contributed by atoms with E-state index < -0.39 is 21.8 Å². The number of hydrogen-bond donors (Lipinski definition) is 2. The lowest BCUT2D eigenvalue weighted by molar-refractivity contribution is 0.0724. The van der Waals surface area contributed by atoms with Crippen molar-refractivity contribution < 1.29 is 27.9 Å². The highest BCUT2D eigenvalue weighted by Crippen LogP contribution is 2.25. The largest absolute Gasteiger partial charge is 0.508 e. The minimum Gasteiger partial charge on any atom is -0.508 e. The molecule has 0 fully saturated rings. The van der Waals surface area contributed by atoms with Gasteiger partial charge in [0, 0.05) is 11.1 Å². The highest BCUT2D eigenvalue weighted by Gasteiger charge is 2.33. The first-order chi connectivity index (χ1) is 15.9. The molecule has 9 heteroatoms. The van der Waals surface area contributed by atoms with Gasteiger partial charge in [-0.05, 0) is 71.6 Å². The molecule has 0 unspecified atom stereocenters. The van der Waals surface area contributed by atoms with Gasteiger partial charge in [0.05, 0.1) is 12.0 Å². The van der Waals surface area contributed by atoms with Gasteiger partial charge in [0.15, 0.2) is 0 Å². The third-order valence-electron chi connectivity index (χ3n) is 5.11. The first kappa shape index (κ1) is 24.8. The van der Waals surface area contributed by atoms with Crippen molar-refractivity contribution in [3.8, 4) is 11.5 Å². The van der Waals surface area contributed by atoms with Crippen LogP contribution in [0.4, 0.5) is 0 Å². The van der Waals surface area contributed by atoms with Crippen molar-refractivity contribution >= 4 is 21.8 Å². The Morgan fingerprint density at radius 2 is 1.38 bits per heavy atom. The quantitative estimate of drug-likeness (QED) is 0.534. The monoisotopic (exact) mass is 482 g/mol. The second kappa shape index (κ2) is 9.56. The highest BCUT2D eigenvalue weighted by atomic mass is 32.2. The van der Waals surface area contributed by atoms with Crippen molar-refractivity contribution in [3.05, 3.63) is 89.5 Å². The predicted octanol–water partition coefficient (Wildman–Crippen LogP) is 3.87. The van der Waals surface area contributed by atoms with Gasteiger partial charge in [0.2, 0.25) is 0 Å². The third-order valence-corrected chi connectivity index (χ3v) is 6.72. The van der Waals surface area contributed by atoms with Gasteiger partial charge in [-0.3, -0.25) is 9.59 Å². The van der Waals surface area contributed by atoms with Gasteiger partial charge in [-0.2, -0.15) is 8.42 Å². The Bertz CT molecular complexity index is 1280. The van der Waals surface area contributed by atoms with Crippen molar-refractivity contribution in [2.75, 3.05) is 7.11 Å². The lowest BCUT2D eigenvalue weighted by Crippen LogP contribution is -2.49. The second-order valence-corrected chi connectivity index (χ2v) is 10.4. The molecule has 0 heterocycles. The lowest BCUT2D eigenvalue weighted by Gasteiger charge is -2.24. The molecule has 2 amide bonds. The molecule has 0 aromatic heterocycles. The molecule has 178 valence electrons. The maximum Gasteiger partial charge on any atom is 0.286 e. The average molecular weight is 483 g/mol. The van der Waals surface area contributed by atoms with E-state index in [1.165, 1.54) is 67.8 Å². The summed E-state index contributed by atoms with van der Waals surface area (Å²) in [6.07, 6.45) is 0. The van der Waals surface area contributed by atoms with E-state index in [0.717, 1.165) is 5.56 Å². The van der Waals surface area contributed by atoms with Crippen LogP contribution in [-0.4, -0.2) is 36.9 Å². The number of carbonyl (C=O) groups excluding carboxylic acids is 2. The van der Waals surface area contributed by atoms with Gasteiger partial charge < -0.3 is 9.84 Å². The number of amides is 2. The summed E-state index contributed by atoms with van der Waals surface area (Å²) in [7, 11) is -3.00. The van der Waals surface area contributed by atoms with Crippen LogP contribution in [0.15, 0.2) is 77.7 Å². The maximum absolute atomic E-state index is 13.5. The summed E-state index contributed by atoms with van der Waals surface area (Å²) >= 11 is 0. The molecule has 0 aliphatic heterocycles. The molecule has 3 rings (SSSR count). The van der Waals surface area contributed by atoms with Crippen LogP contribution in [0.3, 0.4) is 0 Å². The van der Waals surface area contributed by atoms with Crippen LogP contribution in [-0.2, 0) is 15.4 Å². The van der Waals surface area contributed by atoms with Gasteiger partial charge >= 0.3 is 0 Å². The minimum absolute atomic E-state index is 0.0293. The van der Waals surface area contributed by atoms with Crippen molar-refractivity contribution in [2.24, 2.45) is 0 Å². The lowest BCUT2D eigenvalue weighted by atomic mass is 9.87. The summed E-state index contributed by atoms with van der Waals surface area (Å²) in [5.41, 5.74) is 3.00. The molecular weight excluding hydrogens is 456 g/mol. The van der Waals surface area contributed by atoms with Crippen LogP contribution in [0.2, 0.25) is 0 Å². The minimum atomic E-state index is -4.47. The number of phenols is 1. The summed E-state index contributed by atoms with van der Waals surface area (Å²) in [4.78, 5) is 25.9. The number of carbonyl (C=O) groups is 2. The molecule has 2 N–H and O–H groups in total. The molecule has 0 aliphatic rings. The smallest absolute Gasteiger partial charge is 0.286 e. The topological polar surface area (TPSA) is 113 Å². The van der Waals surface area contributed by atoms with Gasteiger partial charge in [-0.15, -0.1) is 4.41 Å². The number of sulfonamides is 1. The Morgan fingerprint density at radius 1 is 0.853 bits per heavy atom. The number of nitrogens with one attached hydrogen (secondary N) is 1. The van der Waals surface area contributed by atoms with Crippen LogP contribution in [0.1, 0.15) is 47.1 Å². The average Bonchev–Trinajstić information content (AvgIpc) is 2.82. The number of rotatable bonds is 5. The zero-order valence-corrected chi connectivity index (χ0v) is 20.1. The molecule has 3 aromatic carbocycles. The first-order valence-corrected chi connectivity index (χ1v) is 11.8. The molecule has 0 bridgehead atoms. The first-order valence-electron chi connectivity index (χ1n) is 10.4. The van der Waals surface area contributed by atoms with Crippen molar-refractivity contribution in [3.63, 3.8) is 0 Å². The van der Waals surface area contributed by atoms with Gasteiger partial charge in [-0.25, -0.2) is 5.43 Å². The van der Waals surface area contributed by atoms with E-state index in [1.54, 1.807) is 12.1 Å². The fourth-order valence-corrected chi connectivity index (χ4v) is 4.29. The molecule has 3 aromatic rings. The fourth-order valence-electron chi connectivity index (χ4n) is 3.07. The third kappa shape index (κ3) is 5.37. The van der Waals surface area contributed by atoms with Crippen LogP contribution < -0.4 is 10.2 Å². The number of nitrogens with zero attached hydrogens (tertiary/aromatic N) is 1. The second-order valence-electron chi connectivity index (χ2n) is 8.57. The molecule has 0 saturated carbocycles. The van der Waals surface area contributed by atoms with E-state index in [-0.39, 0.29) is 27.2 Å². The van der Waals surface area contributed by atoms with E-state index in [2.05, 4.69) is 5.43 Å². The number of aromatic hydroxyl groups is 1. The Morgan fingerprint density at radius 3 is 1.88 bits per heavy atom. The number of phenolic OH excluding ortho intramolecular Hbond substituents is 1. The molecule has 0 atom stereocenters. The maximum atomic E-state index is 13.5. The van der Waals surface area contributed by atoms with Gasteiger partial charge in [-0.1, -0.05) is 32.9 Å². The SMILES string of the molecule is COc1ccc(C(=O)N(NC(=O)c2ccc(O)cc2)S(=O)(=O)c2ccc(C(C)(C)C)cc2)cc1. The number of methoxy groups -OCH3 is 1. The van der Waals surface area contributed by atoms with Crippen molar-refractivity contribution in [1.29, 1.82) is 0 Å². The van der Waals surface area contributed by atoms with Crippen LogP contribution in [0, 0.1) is 0 Å². The van der Waals surface area contributed by atoms with E-state index in [4.69, 9.17) is 4.74 Å². The zero-order chi connectivity index (χ0) is 25.1. The fraction of sp³-hybridized carbons (Fsp3) is 0.200. The van der Waals surface area contributed by atoms with Crippen molar-refractivity contribution in [2.45, 2.75) is 31.1 Å². The normalized spacial score (nSPS) is 11.5. The molecule has 0 aliphatic carbocycles. The molecule has 0 radical (unpaired) electrons. The Hall–Kier alpha value is -3.85. The molecule has 0 spiro atoms. The summed E-state index contributed by atoms with van der Waals surface area (Å²) in [5, 5.41) is 9.46. The summed E-state index contributed by atoms with van der Waals surface area (Å²) < 4.78 is 32.4. The number of ether oxygens (including phenoxy) is 1. The van der Waals surface area contributed by atoms with E-state index in [9.17, 15) is 23.1 Å². The van der Waals surface area contributed by atoms with Gasteiger partial charge in [0.1, 0.15) is 11.5 Å². The Balaban J connectivity index is 2.02. The van der Waals surface area contributed by atoms with Crippen LogP contribution in [0.25, 0.3) is 0 Å². The molecule has 8 nitrogen and oxygen atoms in total. The predicted molar refractivity (Wildman–Crippen MR) is 127 cm³/mol. The number of hydrogen-bond acceptors (Lipinski definition) is 6. The van der Waals surface area contributed by atoms with E-state index in [1.807, 2.05) is 20.8 Å². The van der Waals surface area contributed by atoms with Crippen molar-refractivity contribution in [1.82, 2.24) is 9.84 Å². The van der Waals surface area contributed by atoms with E-state index >= 15 is 0 Å². The molecule has 0 saturated heterocycles. The van der Waals surface area contributed by atoms with Gasteiger partial charge in [0.25, 0.3) is 21.8 Å². The molecule has 34 heavy (non-hydrogen) atoms. The standard InChI is InChI=1S/C25H26N2O6S/c1-25(2,3)19-9-15-22(16-10-19)34(31,32)27(24(30)18-7-13-21(33-4)14-8-18)26-23(29)17-5-11-20(28)12-6-17/h5-16,28H,1-4H3,(H,26,29). The zero-order valence-electron chi connectivity index (χ0n) is 19.3. The summed E-state index contributed by atoms with van der Waals surface area (Å²) in [6, 6.07) is 17.2. The highest BCUT2D eigenvalue weighted by molar-refractivity contribution is 7.89. The Labute approximate surface area is 198 Å². The van der Waals surface area contributed by atoms with Crippen LogP contribution >= 0.6 is 0 Å². The summed E-state index contributed by atoms with van der Waals surface area (Å²) in [5.74, 6) is -1.36. The number of hydrazine groups is 1. The number of benzene rings is 3. The molecular formula is C25H26N2O6S. The van der Waals surface area contributed by atoms with Crippen LogP contribution in [0.5, 0.6) is 11.5 Å². The van der Waals surface area contributed by atoms with E-state index in [0.29, 0.717) is 10.2 Å².